The lowest BCUT2D eigenvalue weighted by Crippen LogP contribution is -2.51. The summed E-state index contributed by atoms with van der Waals surface area (Å²) in [7, 11) is 0. The van der Waals surface area contributed by atoms with Gasteiger partial charge in [-0.3, -0.25) is 4.79 Å². The first-order valence-corrected chi connectivity index (χ1v) is 9.52. The minimum Gasteiger partial charge on any atom is -0.478 e. The summed E-state index contributed by atoms with van der Waals surface area (Å²) in [4.78, 5) is 23.2. The summed E-state index contributed by atoms with van der Waals surface area (Å²) >= 11 is 0. The number of pyridine rings is 1. The van der Waals surface area contributed by atoms with Gasteiger partial charge in [-0.15, -0.1) is 24.0 Å². The number of hydrogen-bond donors (Lipinski definition) is 2. The summed E-state index contributed by atoms with van der Waals surface area (Å²) in [6.07, 6.45) is 4.54. The highest BCUT2D eigenvalue weighted by Gasteiger charge is 2.42. The molecule has 0 aromatic carbocycles. The summed E-state index contributed by atoms with van der Waals surface area (Å²) in [6.45, 7) is 8.55. The summed E-state index contributed by atoms with van der Waals surface area (Å²) in [5, 5.41) is 6.40. The zero-order valence-corrected chi connectivity index (χ0v) is 18.5. The van der Waals surface area contributed by atoms with Gasteiger partial charge < -0.3 is 20.3 Å². The first-order valence-electron chi connectivity index (χ1n) is 9.52. The van der Waals surface area contributed by atoms with Crippen LogP contribution >= 0.6 is 24.0 Å². The molecule has 150 valence electrons. The first kappa shape index (κ1) is 21.7. The van der Waals surface area contributed by atoms with Gasteiger partial charge in [0.05, 0.1) is 13.2 Å². The van der Waals surface area contributed by atoms with Crippen LogP contribution in [0.2, 0.25) is 0 Å². The van der Waals surface area contributed by atoms with Crippen LogP contribution < -0.4 is 15.4 Å². The van der Waals surface area contributed by atoms with Gasteiger partial charge in [0.2, 0.25) is 11.8 Å². The number of piperidine rings is 1. The maximum absolute atomic E-state index is 11.7. The Kier molecular flexibility index (Phi) is 8.12. The van der Waals surface area contributed by atoms with Crippen LogP contribution in [0.3, 0.4) is 0 Å². The molecule has 1 unspecified atom stereocenters. The normalized spacial score (nSPS) is 22.4. The Hall–Kier alpha value is -1.58. The van der Waals surface area contributed by atoms with E-state index in [2.05, 4.69) is 27.4 Å². The van der Waals surface area contributed by atoms with Gasteiger partial charge in [0, 0.05) is 49.8 Å². The van der Waals surface area contributed by atoms with Gasteiger partial charge in [0.15, 0.2) is 5.96 Å². The molecule has 0 bridgehead atoms. The minimum absolute atomic E-state index is 0. The number of nitrogens with one attached hydrogen (secondary N) is 2. The highest BCUT2D eigenvalue weighted by Crippen LogP contribution is 2.36. The molecule has 2 N–H and O–H groups in total. The Bertz CT molecular complexity index is 669. The van der Waals surface area contributed by atoms with Crippen molar-refractivity contribution in [1.29, 1.82) is 0 Å². The minimum atomic E-state index is 0. The van der Waals surface area contributed by atoms with Crippen LogP contribution in [0.25, 0.3) is 0 Å². The van der Waals surface area contributed by atoms with Crippen LogP contribution in [-0.4, -0.2) is 54.5 Å². The predicted molar refractivity (Wildman–Crippen MR) is 117 cm³/mol. The Morgan fingerprint density at radius 2 is 2.33 bits per heavy atom. The Morgan fingerprint density at radius 1 is 1.48 bits per heavy atom. The molecule has 2 fully saturated rings. The van der Waals surface area contributed by atoms with E-state index in [1.807, 2.05) is 19.1 Å². The highest BCUT2D eigenvalue weighted by atomic mass is 127. The van der Waals surface area contributed by atoms with Gasteiger partial charge in [-0.1, -0.05) is 6.07 Å². The molecule has 1 spiro atoms. The van der Waals surface area contributed by atoms with Crippen molar-refractivity contribution in [3.05, 3.63) is 23.9 Å². The van der Waals surface area contributed by atoms with Crippen molar-refractivity contribution in [2.45, 2.75) is 39.7 Å². The third kappa shape index (κ3) is 5.46. The third-order valence-electron chi connectivity index (χ3n) is 5.02. The molecule has 2 aliphatic rings. The van der Waals surface area contributed by atoms with E-state index in [4.69, 9.17) is 9.73 Å². The van der Waals surface area contributed by atoms with E-state index in [-0.39, 0.29) is 35.3 Å². The number of guanidine groups is 1. The molecule has 0 saturated carbocycles. The molecule has 2 aliphatic heterocycles. The lowest BCUT2D eigenvalue weighted by Gasteiger charge is -2.40. The van der Waals surface area contributed by atoms with Crippen molar-refractivity contribution in [2.24, 2.45) is 10.4 Å². The van der Waals surface area contributed by atoms with E-state index in [9.17, 15) is 4.79 Å². The van der Waals surface area contributed by atoms with Gasteiger partial charge in [0.1, 0.15) is 0 Å². The second-order valence-corrected chi connectivity index (χ2v) is 7.05. The van der Waals surface area contributed by atoms with Crippen molar-refractivity contribution < 1.29 is 9.53 Å². The summed E-state index contributed by atoms with van der Waals surface area (Å²) in [5.74, 6) is 1.72. The van der Waals surface area contributed by atoms with E-state index >= 15 is 0 Å². The van der Waals surface area contributed by atoms with Crippen LogP contribution in [0.1, 0.15) is 38.7 Å². The van der Waals surface area contributed by atoms with E-state index in [1.54, 1.807) is 6.20 Å². The fourth-order valence-corrected chi connectivity index (χ4v) is 3.83. The summed E-state index contributed by atoms with van der Waals surface area (Å²) < 4.78 is 5.60. The molecule has 3 rings (SSSR count). The maximum Gasteiger partial charge on any atom is 0.220 e. The largest absolute Gasteiger partial charge is 0.478 e. The molecular formula is C19H30IN5O2. The van der Waals surface area contributed by atoms with Crippen LogP contribution in [0.4, 0.5) is 0 Å². The Labute approximate surface area is 178 Å². The lowest BCUT2D eigenvalue weighted by atomic mass is 9.79. The second kappa shape index (κ2) is 10.1. The summed E-state index contributed by atoms with van der Waals surface area (Å²) in [6, 6.07) is 3.91. The number of nitrogens with zero attached hydrogens (tertiary/aromatic N) is 3. The van der Waals surface area contributed by atoms with Crippen molar-refractivity contribution in [2.75, 3.05) is 32.8 Å². The number of ether oxygens (including phenoxy) is 1. The highest BCUT2D eigenvalue weighted by molar-refractivity contribution is 14.0. The van der Waals surface area contributed by atoms with Crippen molar-refractivity contribution in [3.63, 3.8) is 0 Å². The molecule has 3 heterocycles. The van der Waals surface area contributed by atoms with Crippen molar-refractivity contribution in [1.82, 2.24) is 20.5 Å². The standard InChI is InChI=1S/C19H29N5O2.HI/c1-3-20-18(22-12-15-7-5-9-21-17(15)26-4-2)24-10-6-8-19(14-24)11-16(25)23-13-19;/h5,7,9H,3-4,6,8,10-14H2,1-2H3,(H,20,22)(H,23,25);1H. The second-order valence-electron chi connectivity index (χ2n) is 7.05. The summed E-state index contributed by atoms with van der Waals surface area (Å²) in [5.41, 5.74) is 1.03. The number of aliphatic imine (C=N–C) groups is 1. The average Bonchev–Trinajstić information content (AvgIpc) is 3.00. The SMILES string of the molecule is CCNC(=NCc1cccnc1OCC)N1CCCC2(CNC(=O)C2)C1.I. The molecule has 0 aliphatic carbocycles. The molecule has 1 aromatic heterocycles. The number of carbonyl (C=O) groups is 1. The van der Waals surface area contributed by atoms with Gasteiger partial charge >= 0.3 is 0 Å². The predicted octanol–water partition coefficient (Wildman–Crippen LogP) is 2.17. The molecule has 0 radical (unpaired) electrons. The van der Waals surface area contributed by atoms with Crippen molar-refractivity contribution >= 4 is 35.8 Å². The van der Waals surface area contributed by atoms with Crippen LogP contribution in [0, 0.1) is 5.41 Å². The Balaban J connectivity index is 0.00000261. The molecular weight excluding hydrogens is 457 g/mol. The maximum atomic E-state index is 11.7. The first-order chi connectivity index (χ1) is 12.7. The van der Waals surface area contributed by atoms with Gasteiger partial charge in [-0.05, 0) is 32.8 Å². The van der Waals surface area contributed by atoms with Gasteiger partial charge in [-0.25, -0.2) is 9.98 Å². The van der Waals surface area contributed by atoms with Crippen LogP contribution in [0.5, 0.6) is 5.88 Å². The quantitative estimate of drug-likeness (QED) is 0.378. The topological polar surface area (TPSA) is 78.9 Å². The number of halogens is 1. The molecule has 1 atom stereocenters. The Morgan fingerprint density at radius 3 is 3.04 bits per heavy atom. The van der Waals surface area contributed by atoms with E-state index in [1.165, 1.54) is 0 Å². The molecule has 1 amide bonds. The molecule has 2 saturated heterocycles. The smallest absolute Gasteiger partial charge is 0.220 e. The fraction of sp³-hybridized carbons (Fsp3) is 0.632. The number of hydrogen-bond acceptors (Lipinski definition) is 4. The van der Waals surface area contributed by atoms with Crippen molar-refractivity contribution in [3.8, 4) is 5.88 Å². The zero-order valence-electron chi connectivity index (χ0n) is 16.2. The third-order valence-corrected chi connectivity index (χ3v) is 5.02. The molecule has 7 nitrogen and oxygen atoms in total. The fourth-order valence-electron chi connectivity index (χ4n) is 3.83. The average molecular weight is 487 g/mol. The zero-order chi connectivity index (χ0) is 18.4. The van der Waals surface area contributed by atoms with E-state index in [0.29, 0.717) is 25.5 Å². The number of carbonyl (C=O) groups excluding carboxylic acids is 1. The number of rotatable bonds is 5. The lowest BCUT2D eigenvalue weighted by molar-refractivity contribution is -0.119. The number of aromatic nitrogens is 1. The van der Waals surface area contributed by atoms with E-state index < -0.39 is 0 Å². The van der Waals surface area contributed by atoms with Crippen LogP contribution in [0.15, 0.2) is 23.3 Å². The van der Waals surface area contributed by atoms with Crippen LogP contribution in [-0.2, 0) is 11.3 Å². The van der Waals surface area contributed by atoms with E-state index in [0.717, 1.165) is 50.5 Å². The van der Waals surface area contributed by atoms with Gasteiger partial charge in [0.25, 0.3) is 0 Å². The monoisotopic (exact) mass is 487 g/mol. The number of likely N-dealkylation sites (tertiary alicyclic amines) is 1. The molecule has 1 aromatic rings. The van der Waals surface area contributed by atoms with Gasteiger partial charge in [-0.2, -0.15) is 0 Å². The number of amides is 1. The molecule has 27 heavy (non-hydrogen) atoms. The molecule has 8 heteroatoms.